The normalized spacial score (nSPS) is 9.90. The van der Waals surface area contributed by atoms with E-state index in [-0.39, 0.29) is 12.8 Å². The first-order valence-electron chi connectivity index (χ1n) is 7.02. The maximum Gasteiger partial charge on any atom is 0.342 e. The predicted octanol–water partition coefficient (Wildman–Crippen LogP) is 1.97. The first kappa shape index (κ1) is 18.4. The van der Waals surface area contributed by atoms with Gasteiger partial charge in [0.2, 0.25) is 5.91 Å². The van der Waals surface area contributed by atoms with Gasteiger partial charge in [-0.1, -0.05) is 39.0 Å². The standard InChI is InChI=1S/C13H24N2O5/c1-2-3-4-5-6-7-10-14-13(18)15-11(16)8-9-12(17)20-19/h19H,2-10H2,1H3,(H2,14,15,16,18). The SMILES string of the molecule is CCCCCCCCNC(=O)NC(=O)CCC(=O)OO. The maximum atomic E-state index is 11.3. The average Bonchev–Trinajstić information content (AvgIpc) is 2.43. The Morgan fingerprint density at radius 3 is 2.30 bits per heavy atom. The van der Waals surface area contributed by atoms with Crippen molar-refractivity contribution in [2.75, 3.05) is 6.54 Å². The Morgan fingerprint density at radius 2 is 1.65 bits per heavy atom. The monoisotopic (exact) mass is 288 g/mol. The molecule has 3 N–H and O–H groups in total. The van der Waals surface area contributed by atoms with E-state index < -0.39 is 17.9 Å². The average molecular weight is 288 g/mol. The Balaban J connectivity index is 3.48. The molecule has 0 aliphatic rings. The van der Waals surface area contributed by atoms with Gasteiger partial charge in [-0.15, -0.1) is 0 Å². The van der Waals surface area contributed by atoms with Crippen molar-refractivity contribution < 1.29 is 24.5 Å². The molecule has 0 rings (SSSR count). The number of urea groups is 1. The third-order valence-corrected chi connectivity index (χ3v) is 2.73. The van der Waals surface area contributed by atoms with E-state index in [1.807, 2.05) is 0 Å². The number of imide groups is 1. The number of unbranched alkanes of at least 4 members (excludes halogenated alkanes) is 5. The van der Waals surface area contributed by atoms with Crippen molar-refractivity contribution in [1.29, 1.82) is 0 Å². The molecule has 0 spiro atoms. The number of hydrogen-bond acceptors (Lipinski definition) is 5. The first-order valence-corrected chi connectivity index (χ1v) is 7.02. The van der Waals surface area contributed by atoms with Crippen molar-refractivity contribution in [2.45, 2.75) is 58.3 Å². The van der Waals surface area contributed by atoms with Crippen LogP contribution in [0.5, 0.6) is 0 Å². The number of rotatable bonds is 10. The van der Waals surface area contributed by atoms with Crippen molar-refractivity contribution in [1.82, 2.24) is 10.6 Å². The minimum atomic E-state index is -0.910. The highest BCUT2D eigenvalue weighted by Crippen LogP contribution is 2.03. The van der Waals surface area contributed by atoms with Crippen molar-refractivity contribution in [3.63, 3.8) is 0 Å². The zero-order valence-electron chi connectivity index (χ0n) is 11.9. The summed E-state index contributed by atoms with van der Waals surface area (Å²) in [5.41, 5.74) is 0. The van der Waals surface area contributed by atoms with E-state index in [1.165, 1.54) is 19.3 Å². The molecule has 0 saturated carbocycles. The third kappa shape index (κ3) is 11.5. The maximum absolute atomic E-state index is 11.3. The summed E-state index contributed by atoms with van der Waals surface area (Å²) in [4.78, 5) is 36.5. The smallest absolute Gasteiger partial charge is 0.338 e. The van der Waals surface area contributed by atoms with Crippen molar-refractivity contribution in [3.8, 4) is 0 Å². The fourth-order valence-corrected chi connectivity index (χ4v) is 1.60. The molecule has 0 saturated heterocycles. The number of carbonyl (C=O) groups is 3. The van der Waals surface area contributed by atoms with Gasteiger partial charge in [0, 0.05) is 13.0 Å². The highest BCUT2D eigenvalue weighted by atomic mass is 17.1. The van der Waals surface area contributed by atoms with Gasteiger partial charge < -0.3 is 10.2 Å². The summed E-state index contributed by atoms with van der Waals surface area (Å²) in [5, 5.41) is 12.7. The van der Waals surface area contributed by atoms with Crippen LogP contribution in [0.25, 0.3) is 0 Å². The minimum Gasteiger partial charge on any atom is -0.338 e. The molecular formula is C13H24N2O5. The van der Waals surface area contributed by atoms with Crippen molar-refractivity contribution in [3.05, 3.63) is 0 Å². The van der Waals surface area contributed by atoms with E-state index in [1.54, 1.807) is 0 Å². The lowest BCUT2D eigenvalue weighted by atomic mass is 10.1. The van der Waals surface area contributed by atoms with Crippen LogP contribution in [-0.4, -0.2) is 29.7 Å². The molecule has 0 heterocycles. The van der Waals surface area contributed by atoms with Crippen LogP contribution >= 0.6 is 0 Å². The molecule has 0 aromatic heterocycles. The van der Waals surface area contributed by atoms with Crippen LogP contribution in [0.1, 0.15) is 58.3 Å². The Bertz CT molecular complexity index is 307. The summed E-state index contributed by atoms with van der Waals surface area (Å²) in [7, 11) is 0. The summed E-state index contributed by atoms with van der Waals surface area (Å²) in [6.45, 7) is 2.67. The Hall–Kier alpha value is -1.63. The Kier molecular flexibility index (Phi) is 11.4. The van der Waals surface area contributed by atoms with E-state index in [0.29, 0.717) is 6.54 Å². The van der Waals surface area contributed by atoms with Crippen LogP contribution in [0.15, 0.2) is 0 Å². The number of nitrogens with one attached hydrogen (secondary N) is 2. The Morgan fingerprint density at radius 1 is 1.00 bits per heavy atom. The van der Waals surface area contributed by atoms with E-state index in [2.05, 4.69) is 22.4 Å². The lowest BCUT2D eigenvalue weighted by Gasteiger charge is -2.06. The molecule has 0 aromatic rings. The highest BCUT2D eigenvalue weighted by Gasteiger charge is 2.10. The summed E-state index contributed by atoms with van der Waals surface area (Å²) >= 11 is 0. The van der Waals surface area contributed by atoms with Crippen LogP contribution in [0, 0.1) is 0 Å². The second kappa shape index (κ2) is 12.4. The van der Waals surface area contributed by atoms with E-state index >= 15 is 0 Å². The minimum absolute atomic E-state index is 0.205. The summed E-state index contributed by atoms with van der Waals surface area (Å²) in [6.07, 6.45) is 6.25. The number of amides is 3. The molecule has 0 fully saturated rings. The predicted molar refractivity (Wildman–Crippen MR) is 72.9 cm³/mol. The van der Waals surface area contributed by atoms with E-state index in [0.717, 1.165) is 19.3 Å². The van der Waals surface area contributed by atoms with Crippen LogP contribution < -0.4 is 10.6 Å². The number of carbonyl (C=O) groups excluding carboxylic acids is 3. The quantitative estimate of drug-likeness (QED) is 0.324. The Labute approximate surface area is 119 Å². The van der Waals surface area contributed by atoms with Gasteiger partial charge in [0.1, 0.15) is 0 Å². The van der Waals surface area contributed by atoms with Crippen molar-refractivity contribution in [2.24, 2.45) is 0 Å². The van der Waals surface area contributed by atoms with Crippen LogP contribution in [0.2, 0.25) is 0 Å². The van der Waals surface area contributed by atoms with Gasteiger partial charge in [-0.2, -0.15) is 5.26 Å². The topological polar surface area (TPSA) is 105 Å². The highest BCUT2D eigenvalue weighted by molar-refractivity contribution is 5.95. The molecule has 0 atom stereocenters. The molecule has 0 bridgehead atoms. The molecule has 0 aliphatic carbocycles. The van der Waals surface area contributed by atoms with Crippen molar-refractivity contribution >= 4 is 17.9 Å². The van der Waals surface area contributed by atoms with Gasteiger partial charge in [-0.05, 0) is 6.42 Å². The van der Waals surface area contributed by atoms with E-state index in [9.17, 15) is 14.4 Å². The lowest BCUT2D eigenvalue weighted by Crippen LogP contribution is -2.39. The summed E-state index contributed by atoms with van der Waals surface area (Å²) in [5.74, 6) is -1.50. The lowest BCUT2D eigenvalue weighted by molar-refractivity contribution is -0.234. The molecule has 7 nitrogen and oxygen atoms in total. The largest absolute Gasteiger partial charge is 0.342 e. The number of hydrogen-bond donors (Lipinski definition) is 3. The molecule has 0 radical (unpaired) electrons. The van der Waals surface area contributed by atoms with E-state index in [4.69, 9.17) is 5.26 Å². The molecule has 0 aromatic carbocycles. The molecule has 7 heteroatoms. The molecule has 0 unspecified atom stereocenters. The third-order valence-electron chi connectivity index (χ3n) is 2.73. The van der Waals surface area contributed by atoms with Gasteiger partial charge in [-0.25, -0.2) is 9.59 Å². The van der Waals surface area contributed by atoms with Gasteiger partial charge in [0.25, 0.3) is 0 Å². The van der Waals surface area contributed by atoms with Gasteiger partial charge in [0.15, 0.2) is 0 Å². The second-order valence-corrected chi connectivity index (χ2v) is 4.54. The van der Waals surface area contributed by atoms with Gasteiger partial charge >= 0.3 is 12.0 Å². The fourth-order valence-electron chi connectivity index (χ4n) is 1.60. The first-order chi connectivity index (χ1) is 9.60. The van der Waals surface area contributed by atoms with Gasteiger partial charge in [0.05, 0.1) is 6.42 Å². The molecule has 3 amide bonds. The molecular weight excluding hydrogens is 264 g/mol. The molecule has 20 heavy (non-hydrogen) atoms. The second-order valence-electron chi connectivity index (χ2n) is 4.54. The fraction of sp³-hybridized carbons (Fsp3) is 0.769. The molecule has 0 aliphatic heterocycles. The van der Waals surface area contributed by atoms with Crippen LogP contribution in [0.4, 0.5) is 4.79 Å². The zero-order chi connectivity index (χ0) is 15.2. The summed E-state index contributed by atoms with van der Waals surface area (Å²) in [6, 6.07) is -0.569. The molecule has 116 valence electrons. The summed E-state index contributed by atoms with van der Waals surface area (Å²) < 4.78 is 0. The van der Waals surface area contributed by atoms with Crippen LogP contribution in [0.3, 0.4) is 0 Å². The zero-order valence-corrected chi connectivity index (χ0v) is 11.9. The van der Waals surface area contributed by atoms with Gasteiger partial charge in [-0.3, -0.25) is 10.1 Å². The van der Waals surface area contributed by atoms with Crippen LogP contribution in [-0.2, 0) is 14.5 Å².